The molecule has 0 saturated heterocycles. The summed E-state index contributed by atoms with van der Waals surface area (Å²) in [6.07, 6.45) is 0. The molecule has 2 N–H and O–H groups in total. The molecule has 2 aromatic rings. The van der Waals surface area contributed by atoms with Gasteiger partial charge in [-0.05, 0) is 36.8 Å². The van der Waals surface area contributed by atoms with Gasteiger partial charge in [-0.15, -0.1) is 0 Å². The van der Waals surface area contributed by atoms with E-state index in [2.05, 4.69) is 0 Å². The van der Waals surface area contributed by atoms with Gasteiger partial charge in [0.05, 0.1) is 14.2 Å². The van der Waals surface area contributed by atoms with Crippen LogP contribution in [0.3, 0.4) is 0 Å². The van der Waals surface area contributed by atoms with Crippen LogP contribution in [-0.4, -0.2) is 24.4 Å². The van der Waals surface area contributed by atoms with Crippen molar-refractivity contribution in [3.63, 3.8) is 0 Å². The highest BCUT2D eigenvalue weighted by Crippen LogP contribution is 2.42. The number of phenolic OH excluding ortho intramolecular Hbond substituents is 2. The van der Waals surface area contributed by atoms with Crippen molar-refractivity contribution in [1.29, 1.82) is 0 Å². The summed E-state index contributed by atoms with van der Waals surface area (Å²) in [6, 6.07) is 8.45. The van der Waals surface area contributed by atoms with E-state index < -0.39 is 0 Å². The minimum atomic E-state index is 0.00793. The summed E-state index contributed by atoms with van der Waals surface area (Å²) in [7, 11) is 3.02. The minimum absolute atomic E-state index is 0.00793. The molecule has 0 saturated carbocycles. The van der Waals surface area contributed by atoms with Gasteiger partial charge in [0, 0.05) is 17.2 Å². The molecule has 0 spiro atoms. The molecule has 0 aromatic heterocycles. The van der Waals surface area contributed by atoms with Gasteiger partial charge in [-0.1, -0.05) is 0 Å². The van der Waals surface area contributed by atoms with Crippen LogP contribution < -0.4 is 9.47 Å². The lowest BCUT2D eigenvalue weighted by Crippen LogP contribution is -1.90. The lowest BCUT2D eigenvalue weighted by molar-refractivity contribution is 0.374. The Hall–Kier alpha value is -2.36. The molecule has 0 radical (unpaired) electrons. The second kappa shape index (κ2) is 5.10. The first-order chi connectivity index (χ1) is 9.06. The highest BCUT2D eigenvalue weighted by molar-refractivity contribution is 5.79. The van der Waals surface area contributed by atoms with Gasteiger partial charge >= 0.3 is 0 Å². The Morgan fingerprint density at radius 3 is 2.21 bits per heavy atom. The van der Waals surface area contributed by atoms with E-state index in [0.717, 1.165) is 5.56 Å². The predicted molar refractivity (Wildman–Crippen MR) is 73.0 cm³/mol. The highest BCUT2D eigenvalue weighted by Gasteiger charge is 2.14. The molecule has 0 heterocycles. The number of rotatable bonds is 3. The van der Waals surface area contributed by atoms with E-state index in [-0.39, 0.29) is 11.5 Å². The lowest BCUT2D eigenvalue weighted by Gasteiger charge is -2.12. The van der Waals surface area contributed by atoms with Gasteiger partial charge in [-0.2, -0.15) is 0 Å². The van der Waals surface area contributed by atoms with E-state index >= 15 is 0 Å². The molecular weight excluding hydrogens is 244 g/mol. The fraction of sp³-hybridized carbons (Fsp3) is 0.200. The van der Waals surface area contributed by atoms with Crippen molar-refractivity contribution in [2.24, 2.45) is 0 Å². The summed E-state index contributed by atoms with van der Waals surface area (Å²) >= 11 is 0. The Labute approximate surface area is 111 Å². The van der Waals surface area contributed by atoms with E-state index in [9.17, 15) is 10.2 Å². The summed E-state index contributed by atoms with van der Waals surface area (Å²) in [5.74, 6) is 0.987. The Bertz CT molecular complexity index is 605. The minimum Gasteiger partial charge on any atom is -0.507 e. The molecule has 0 aliphatic heterocycles. The van der Waals surface area contributed by atoms with Crippen molar-refractivity contribution >= 4 is 0 Å². The van der Waals surface area contributed by atoms with Gasteiger partial charge in [0.15, 0.2) is 11.5 Å². The van der Waals surface area contributed by atoms with Crippen LogP contribution in [0.15, 0.2) is 30.3 Å². The fourth-order valence-corrected chi connectivity index (χ4v) is 1.97. The monoisotopic (exact) mass is 260 g/mol. The number of aryl methyl sites for hydroxylation is 1. The molecule has 0 atom stereocenters. The quantitative estimate of drug-likeness (QED) is 0.890. The van der Waals surface area contributed by atoms with Crippen molar-refractivity contribution in [2.75, 3.05) is 14.2 Å². The first-order valence-electron chi connectivity index (χ1n) is 5.81. The average molecular weight is 260 g/mol. The fourth-order valence-electron chi connectivity index (χ4n) is 1.97. The van der Waals surface area contributed by atoms with Crippen LogP contribution in [0.5, 0.6) is 23.0 Å². The zero-order valence-corrected chi connectivity index (χ0v) is 11.1. The van der Waals surface area contributed by atoms with Crippen LogP contribution in [-0.2, 0) is 0 Å². The first-order valence-corrected chi connectivity index (χ1v) is 5.81. The second-order valence-electron chi connectivity index (χ2n) is 4.25. The summed E-state index contributed by atoms with van der Waals surface area (Å²) in [4.78, 5) is 0. The molecule has 19 heavy (non-hydrogen) atoms. The number of ether oxygens (including phenoxy) is 2. The summed E-state index contributed by atoms with van der Waals surface area (Å²) in [6.45, 7) is 1.89. The van der Waals surface area contributed by atoms with Crippen LogP contribution >= 0.6 is 0 Å². The Kier molecular flexibility index (Phi) is 3.51. The van der Waals surface area contributed by atoms with E-state index in [1.165, 1.54) is 20.3 Å². The molecule has 100 valence electrons. The summed E-state index contributed by atoms with van der Waals surface area (Å²) < 4.78 is 10.2. The molecule has 0 amide bonds. The van der Waals surface area contributed by atoms with E-state index in [0.29, 0.717) is 22.6 Å². The molecule has 4 heteroatoms. The normalized spacial score (nSPS) is 10.3. The van der Waals surface area contributed by atoms with Gasteiger partial charge in [0.1, 0.15) is 11.5 Å². The van der Waals surface area contributed by atoms with Crippen LogP contribution in [0.1, 0.15) is 5.56 Å². The molecule has 0 bridgehead atoms. The van der Waals surface area contributed by atoms with Crippen molar-refractivity contribution in [3.8, 4) is 34.1 Å². The van der Waals surface area contributed by atoms with Gasteiger partial charge < -0.3 is 19.7 Å². The van der Waals surface area contributed by atoms with E-state index in [4.69, 9.17) is 9.47 Å². The van der Waals surface area contributed by atoms with Crippen LogP contribution in [0.25, 0.3) is 11.1 Å². The van der Waals surface area contributed by atoms with Crippen LogP contribution in [0.4, 0.5) is 0 Å². The molecule has 2 rings (SSSR count). The number of hydrogen-bond acceptors (Lipinski definition) is 4. The van der Waals surface area contributed by atoms with Gasteiger partial charge in [0.2, 0.25) is 0 Å². The van der Waals surface area contributed by atoms with Crippen LogP contribution in [0.2, 0.25) is 0 Å². The number of methoxy groups -OCH3 is 2. The third kappa shape index (κ3) is 2.42. The van der Waals surface area contributed by atoms with Crippen molar-refractivity contribution < 1.29 is 19.7 Å². The van der Waals surface area contributed by atoms with Gasteiger partial charge in [-0.25, -0.2) is 0 Å². The molecule has 2 aromatic carbocycles. The molecule has 0 fully saturated rings. The van der Waals surface area contributed by atoms with Crippen molar-refractivity contribution in [1.82, 2.24) is 0 Å². The predicted octanol–water partition coefficient (Wildman–Crippen LogP) is 3.09. The number of phenols is 2. The van der Waals surface area contributed by atoms with E-state index in [1.54, 1.807) is 24.3 Å². The summed E-state index contributed by atoms with van der Waals surface area (Å²) in [5.41, 5.74) is 1.98. The highest BCUT2D eigenvalue weighted by atomic mass is 16.5. The van der Waals surface area contributed by atoms with Crippen LogP contribution in [0, 0.1) is 6.92 Å². The molecule has 4 nitrogen and oxygen atoms in total. The zero-order valence-electron chi connectivity index (χ0n) is 11.1. The summed E-state index contributed by atoms with van der Waals surface area (Å²) in [5, 5.41) is 20.2. The Balaban J connectivity index is 2.61. The Morgan fingerprint density at radius 2 is 1.63 bits per heavy atom. The SMILES string of the molecule is COc1ccc(-c2cc(C)cc(OC)c2O)c(O)c1. The number of hydrogen-bond donors (Lipinski definition) is 2. The topological polar surface area (TPSA) is 58.9 Å². The third-order valence-corrected chi connectivity index (χ3v) is 2.93. The average Bonchev–Trinajstić information content (AvgIpc) is 2.41. The molecule has 0 aliphatic carbocycles. The zero-order chi connectivity index (χ0) is 14.0. The van der Waals surface area contributed by atoms with E-state index in [1.807, 2.05) is 6.92 Å². The maximum atomic E-state index is 10.2. The lowest BCUT2D eigenvalue weighted by atomic mass is 10.0. The third-order valence-electron chi connectivity index (χ3n) is 2.93. The maximum absolute atomic E-state index is 10.2. The Morgan fingerprint density at radius 1 is 0.895 bits per heavy atom. The number of benzene rings is 2. The van der Waals surface area contributed by atoms with Gasteiger partial charge in [0.25, 0.3) is 0 Å². The second-order valence-corrected chi connectivity index (χ2v) is 4.25. The maximum Gasteiger partial charge on any atom is 0.165 e. The standard InChI is InChI=1S/C15H16O4/c1-9-6-12(15(17)14(7-9)19-3)11-5-4-10(18-2)8-13(11)16/h4-8,16-17H,1-3H3. The largest absolute Gasteiger partial charge is 0.507 e. The molecular formula is C15H16O4. The van der Waals surface area contributed by atoms with Crippen molar-refractivity contribution in [3.05, 3.63) is 35.9 Å². The molecule has 0 unspecified atom stereocenters. The smallest absolute Gasteiger partial charge is 0.165 e. The van der Waals surface area contributed by atoms with Crippen molar-refractivity contribution in [2.45, 2.75) is 6.92 Å². The molecule has 0 aliphatic rings. The van der Waals surface area contributed by atoms with Gasteiger partial charge in [-0.3, -0.25) is 0 Å². The number of aromatic hydroxyl groups is 2. The first kappa shape index (κ1) is 13.1.